The van der Waals surface area contributed by atoms with Crippen LogP contribution < -0.4 is 10.6 Å². The van der Waals surface area contributed by atoms with E-state index in [-0.39, 0.29) is 18.0 Å². The predicted octanol–water partition coefficient (Wildman–Crippen LogP) is 3.99. The number of amides is 1. The van der Waals surface area contributed by atoms with Gasteiger partial charge < -0.3 is 15.4 Å². The molecular weight excluding hydrogens is 422 g/mol. The first-order valence-electron chi connectivity index (χ1n) is 11.1. The van der Waals surface area contributed by atoms with Crippen LogP contribution in [0, 0.1) is 0 Å². The van der Waals surface area contributed by atoms with Crippen LogP contribution in [-0.2, 0) is 22.6 Å². The van der Waals surface area contributed by atoms with Gasteiger partial charge in [0.25, 0.3) is 0 Å². The lowest BCUT2D eigenvalue weighted by atomic mass is 10.0. The first-order valence-corrected chi connectivity index (χ1v) is 11.5. The lowest BCUT2D eigenvalue weighted by Crippen LogP contribution is -2.43. The van der Waals surface area contributed by atoms with E-state index in [4.69, 9.17) is 16.3 Å². The van der Waals surface area contributed by atoms with Gasteiger partial charge >= 0.3 is 0 Å². The highest BCUT2D eigenvalue weighted by atomic mass is 35.5. The predicted molar refractivity (Wildman–Crippen MR) is 130 cm³/mol. The molecule has 168 valence electrons. The zero-order chi connectivity index (χ0) is 22.3. The third-order valence-corrected chi connectivity index (χ3v) is 6.32. The number of carbonyl (C=O) groups excluding carboxylic acids is 1. The second kappa shape index (κ2) is 10.9. The topological polar surface area (TPSA) is 53.6 Å². The van der Waals surface area contributed by atoms with E-state index in [9.17, 15) is 4.79 Å². The van der Waals surface area contributed by atoms with E-state index < -0.39 is 0 Å². The molecule has 5 nitrogen and oxygen atoms in total. The van der Waals surface area contributed by atoms with Gasteiger partial charge in [0.1, 0.15) is 0 Å². The Bertz CT molecular complexity index is 1040. The summed E-state index contributed by atoms with van der Waals surface area (Å²) in [4.78, 5) is 15.2. The molecular formula is C26H30ClN3O2. The lowest BCUT2D eigenvalue weighted by molar-refractivity contribution is -0.125. The maximum Gasteiger partial charge on any atom is 0.237 e. The summed E-state index contributed by atoms with van der Waals surface area (Å²) < 4.78 is 5.08. The fourth-order valence-corrected chi connectivity index (χ4v) is 4.54. The third-order valence-electron chi connectivity index (χ3n) is 6.07. The van der Waals surface area contributed by atoms with E-state index in [1.165, 1.54) is 16.3 Å². The number of ether oxygens (including phenoxy) is 1. The van der Waals surface area contributed by atoms with Gasteiger partial charge in [-0.05, 0) is 40.5 Å². The summed E-state index contributed by atoms with van der Waals surface area (Å²) in [7, 11) is 1.64. The van der Waals surface area contributed by atoms with E-state index in [0.29, 0.717) is 19.7 Å². The van der Waals surface area contributed by atoms with Crippen molar-refractivity contribution in [3.8, 4) is 0 Å². The third kappa shape index (κ3) is 5.67. The number of likely N-dealkylation sites (tertiary alicyclic amines) is 1. The molecule has 0 aromatic heterocycles. The molecule has 2 atom stereocenters. The Hall–Kier alpha value is -2.44. The molecule has 4 rings (SSSR count). The quantitative estimate of drug-likeness (QED) is 0.483. The van der Waals surface area contributed by atoms with Crippen molar-refractivity contribution >= 4 is 28.3 Å². The van der Waals surface area contributed by atoms with E-state index in [2.05, 4.69) is 58.0 Å². The Kier molecular flexibility index (Phi) is 7.76. The number of halogens is 1. The van der Waals surface area contributed by atoms with Gasteiger partial charge in [-0.3, -0.25) is 9.69 Å². The van der Waals surface area contributed by atoms with Crippen LogP contribution in [0.3, 0.4) is 0 Å². The van der Waals surface area contributed by atoms with Gasteiger partial charge in [0.15, 0.2) is 0 Å². The summed E-state index contributed by atoms with van der Waals surface area (Å²) in [6, 6.07) is 22.8. The van der Waals surface area contributed by atoms with Crippen molar-refractivity contribution in [3.63, 3.8) is 0 Å². The Morgan fingerprint density at radius 3 is 2.69 bits per heavy atom. The van der Waals surface area contributed by atoms with Crippen LogP contribution in [0.4, 0.5) is 0 Å². The average molecular weight is 452 g/mol. The molecule has 0 bridgehead atoms. The van der Waals surface area contributed by atoms with Crippen molar-refractivity contribution in [1.29, 1.82) is 0 Å². The first-order chi connectivity index (χ1) is 15.6. The maximum absolute atomic E-state index is 12.9. The van der Waals surface area contributed by atoms with Gasteiger partial charge in [-0.2, -0.15) is 0 Å². The van der Waals surface area contributed by atoms with E-state index in [0.717, 1.165) is 30.1 Å². The van der Waals surface area contributed by atoms with Crippen LogP contribution in [0.1, 0.15) is 17.5 Å². The van der Waals surface area contributed by atoms with E-state index in [1.54, 1.807) is 7.11 Å². The summed E-state index contributed by atoms with van der Waals surface area (Å²) in [6.07, 6.45) is 0.775. The van der Waals surface area contributed by atoms with Crippen LogP contribution in [-0.4, -0.2) is 49.7 Å². The van der Waals surface area contributed by atoms with Crippen LogP contribution in [0.25, 0.3) is 10.8 Å². The molecule has 0 aliphatic carbocycles. The van der Waals surface area contributed by atoms with E-state index in [1.807, 2.05) is 24.3 Å². The molecule has 1 fully saturated rings. The Morgan fingerprint density at radius 1 is 1.09 bits per heavy atom. The molecule has 0 saturated carbocycles. The summed E-state index contributed by atoms with van der Waals surface area (Å²) in [5.41, 5.74) is 2.43. The molecule has 1 heterocycles. The molecule has 0 radical (unpaired) electrons. The van der Waals surface area contributed by atoms with Gasteiger partial charge in [0, 0.05) is 44.4 Å². The van der Waals surface area contributed by atoms with Crippen LogP contribution >= 0.6 is 11.6 Å². The fourth-order valence-electron chi connectivity index (χ4n) is 4.42. The molecule has 0 unspecified atom stereocenters. The molecule has 1 saturated heterocycles. The Labute approximate surface area is 194 Å². The van der Waals surface area contributed by atoms with Crippen molar-refractivity contribution in [1.82, 2.24) is 15.5 Å². The number of rotatable bonds is 9. The molecule has 6 heteroatoms. The van der Waals surface area contributed by atoms with Gasteiger partial charge in [-0.25, -0.2) is 0 Å². The molecule has 1 aliphatic rings. The smallest absolute Gasteiger partial charge is 0.237 e. The van der Waals surface area contributed by atoms with Crippen molar-refractivity contribution in [2.24, 2.45) is 0 Å². The summed E-state index contributed by atoms with van der Waals surface area (Å²) in [5, 5.41) is 9.95. The normalized spacial score (nSPS) is 18.8. The number of benzene rings is 3. The number of fused-ring (bicyclic) bond motifs is 1. The molecule has 0 spiro atoms. The number of nitrogens with zero attached hydrogens (tertiary/aromatic N) is 1. The van der Waals surface area contributed by atoms with E-state index >= 15 is 0 Å². The standard InChI is InChI=1S/C26H30ClN3O2/c1-32-14-13-28-26(31)25-15-23(18-30(25)17-19-9-11-22(27)12-10-19)29-16-21-7-4-6-20-5-2-3-8-24(20)21/h2-12,23,25,29H,13-18H2,1H3,(H,28,31)/t23-,25-/m0/s1. The summed E-state index contributed by atoms with van der Waals surface area (Å²) in [5.74, 6) is 0.0606. The fraction of sp³-hybridized carbons (Fsp3) is 0.346. The van der Waals surface area contributed by atoms with Crippen LogP contribution in [0.5, 0.6) is 0 Å². The number of hydrogen-bond donors (Lipinski definition) is 2. The van der Waals surface area contributed by atoms with Gasteiger partial charge in [0.05, 0.1) is 12.6 Å². The SMILES string of the molecule is COCCNC(=O)[C@@H]1C[C@H](NCc2cccc3ccccc23)CN1Cc1ccc(Cl)cc1. The molecule has 2 N–H and O–H groups in total. The highest BCUT2D eigenvalue weighted by molar-refractivity contribution is 6.30. The minimum Gasteiger partial charge on any atom is -0.383 e. The number of nitrogens with one attached hydrogen (secondary N) is 2. The molecule has 3 aromatic carbocycles. The number of hydrogen-bond acceptors (Lipinski definition) is 4. The van der Waals surface area contributed by atoms with Gasteiger partial charge in [-0.15, -0.1) is 0 Å². The van der Waals surface area contributed by atoms with Gasteiger partial charge in [-0.1, -0.05) is 66.2 Å². The second-order valence-electron chi connectivity index (χ2n) is 8.31. The van der Waals surface area contributed by atoms with Crippen molar-refractivity contribution in [2.45, 2.75) is 31.6 Å². The maximum atomic E-state index is 12.9. The monoisotopic (exact) mass is 451 g/mol. The molecule has 32 heavy (non-hydrogen) atoms. The number of methoxy groups -OCH3 is 1. The largest absolute Gasteiger partial charge is 0.383 e. The first kappa shape index (κ1) is 22.7. The average Bonchev–Trinajstić information content (AvgIpc) is 3.22. The highest BCUT2D eigenvalue weighted by Gasteiger charge is 2.36. The summed E-state index contributed by atoms with van der Waals surface area (Å²) in [6.45, 7) is 3.34. The minimum absolute atomic E-state index is 0.0606. The Balaban J connectivity index is 1.44. The van der Waals surface area contributed by atoms with Crippen LogP contribution in [0.2, 0.25) is 5.02 Å². The number of carbonyl (C=O) groups is 1. The van der Waals surface area contributed by atoms with Crippen LogP contribution in [0.15, 0.2) is 66.7 Å². The molecule has 3 aromatic rings. The zero-order valence-corrected chi connectivity index (χ0v) is 19.1. The molecule has 1 aliphatic heterocycles. The Morgan fingerprint density at radius 2 is 1.88 bits per heavy atom. The summed E-state index contributed by atoms with van der Waals surface area (Å²) >= 11 is 6.04. The zero-order valence-electron chi connectivity index (χ0n) is 18.4. The molecule has 1 amide bonds. The van der Waals surface area contributed by atoms with Gasteiger partial charge in [0.2, 0.25) is 5.91 Å². The highest BCUT2D eigenvalue weighted by Crippen LogP contribution is 2.23. The minimum atomic E-state index is -0.174. The van der Waals surface area contributed by atoms with Crippen molar-refractivity contribution in [3.05, 3.63) is 82.9 Å². The van der Waals surface area contributed by atoms with Crippen molar-refractivity contribution < 1.29 is 9.53 Å². The van der Waals surface area contributed by atoms with Crippen molar-refractivity contribution in [2.75, 3.05) is 26.8 Å². The lowest BCUT2D eigenvalue weighted by Gasteiger charge is -2.23. The second-order valence-corrected chi connectivity index (χ2v) is 8.74.